The monoisotopic (exact) mass is 193 g/mol. The lowest BCUT2D eigenvalue weighted by Crippen LogP contribution is -2.49. The fourth-order valence-corrected chi connectivity index (χ4v) is 0. The van der Waals surface area contributed by atoms with Gasteiger partial charge in [-0.05, 0) is 19.9 Å². The fraction of sp³-hybridized carbons (Fsp3) is 0.571. The zero-order valence-electron chi connectivity index (χ0n) is 7.56. The van der Waals surface area contributed by atoms with Crippen LogP contribution in [0.15, 0.2) is 12.7 Å². The molecule has 0 aromatic rings. The first kappa shape index (κ1) is 14.6. The van der Waals surface area contributed by atoms with Gasteiger partial charge in [0.05, 0.1) is 0 Å². The molecule has 0 aliphatic carbocycles. The second-order valence-electron chi connectivity index (χ2n) is 2.65. The van der Waals surface area contributed by atoms with Gasteiger partial charge in [0.2, 0.25) is 17.5 Å². The molecule has 1 amide bonds. The van der Waals surface area contributed by atoms with Gasteiger partial charge in [0.25, 0.3) is 0 Å². The minimum atomic E-state index is -2.45. The van der Waals surface area contributed by atoms with E-state index >= 15 is 0 Å². The molecular weight excluding hydrogens is 178 g/mol. The van der Waals surface area contributed by atoms with Crippen molar-refractivity contribution in [3.05, 3.63) is 12.7 Å². The summed E-state index contributed by atoms with van der Waals surface area (Å²) in [5.74, 6) is -5.38. The topological polar surface area (TPSA) is 124 Å². The molecule has 13 heavy (non-hydrogen) atoms. The summed E-state index contributed by atoms with van der Waals surface area (Å²) in [7, 11) is 0. The van der Waals surface area contributed by atoms with Crippen LogP contribution in [-0.4, -0.2) is 37.9 Å². The number of carbonyl (C=O) groups is 1. The van der Waals surface area contributed by atoms with Gasteiger partial charge in [0.15, 0.2) is 0 Å². The molecule has 78 valence electrons. The van der Waals surface area contributed by atoms with Gasteiger partial charge in [-0.2, -0.15) is 0 Å². The van der Waals surface area contributed by atoms with Gasteiger partial charge in [0, 0.05) is 0 Å². The molecule has 0 fully saturated rings. The fourth-order valence-electron chi connectivity index (χ4n) is 0. The first-order valence-electron chi connectivity index (χ1n) is 3.33. The predicted molar refractivity (Wildman–Crippen MR) is 45.1 cm³/mol. The van der Waals surface area contributed by atoms with Crippen molar-refractivity contribution >= 4 is 5.91 Å². The van der Waals surface area contributed by atoms with Crippen molar-refractivity contribution in [2.45, 2.75) is 25.4 Å². The Kier molecular flexibility index (Phi) is 5.52. The molecule has 0 saturated carbocycles. The van der Waals surface area contributed by atoms with E-state index in [4.69, 9.17) is 20.4 Å². The maximum atomic E-state index is 9.47. The summed E-state index contributed by atoms with van der Waals surface area (Å²) in [4.78, 5) is 9.47. The Balaban J connectivity index is 0. The van der Waals surface area contributed by atoms with E-state index in [0.717, 1.165) is 19.9 Å². The van der Waals surface area contributed by atoms with E-state index in [1.54, 1.807) is 0 Å². The number of carbonyl (C=O) groups excluding carboxylic acids is 1. The maximum absolute atomic E-state index is 9.47. The Morgan fingerprint density at radius 2 is 1.38 bits per heavy atom. The van der Waals surface area contributed by atoms with Crippen molar-refractivity contribution < 1.29 is 25.2 Å². The van der Waals surface area contributed by atoms with E-state index in [0.29, 0.717) is 0 Å². The van der Waals surface area contributed by atoms with Gasteiger partial charge in [-0.3, -0.25) is 4.79 Å². The van der Waals surface area contributed by atoms with Crippen LogP contribution in [0.2, 0.25) is 0 Å². The zero-order chi connectivity index (χ0) is 11.3. The van der Waals surface area contributed by atoms with E-state index in [9.17, 15) is 4.79 Å². The van der Waals surface area contributed by atoms with Gasteiger partial charge in [-0.15, -0.1) is 0 Å². The molecule has 0 aromatic carbocycles. The van der Waals surface area contributed by atoms with Crippen LogP contribution >= 0.6 is 0 Å². The van der Waals surface area contributed by atoms with E-state index in [1.807, 2.05) is 0 Å². The average molecular weight is 193 g/mol. The second kappa shape index (κ2) is 4.93. The zero-order valence-corrected chi connectivity index (χ0v) is 7.56. The largest absolute Gasteiger partial charge is 0.366 e. The summed E-state index contributed by atoms with van der Waals surface area (Å²) in [6.07, 6.45) is 1.06. The molecule has 0 spiro atoms. The summed E-state index contributed by atoms with van der Waals surface area (Å²) >= 11 is 0. The summed E-state index contributed by atoms with van der Waals surface area (Å²) in [6.45, 7) is 4.85. The van der Waals surface area contributed by atoms with E-state index in [1.165, 1.54) is 0 Å². The standard InChI is InChI=1S/C4H10O4.C3H5NO/c1-3(5,6)4(2,7)8;1-2-3(4)5/h5-8H,1-2H3;2H,1H2,(H2,4,5). The summed E-state index contributed by atoms with van der Waals surface area (Å²) in [5.41, 5.74) is 4.53. The molecule has 0 unspecified atom stereocenters. The van der Waals surface area contributed by atoms with Crippen LogP contribution in [-0.2, 0) is 4.79 Å². The van der Waals surface area contributed by atoms with Crippen LogP contribution < -0.4 is 5.73 Å². The van der Waals surface area contributed by atoms with Crippen molar-refractivity contribution in [1.29, 1.82) is 0 Å². The Hall–Kier alpha value is -0.950. The highest BCUT2D eigenvalue weighted by atomic mass is 16.6. The van der Waals surface area contributed by atoms with Gasteiger partial charge < -0.3 is 26.2 Å². The number of hydrogen-bond acceptors (Lipinski definition) is 5. The smallest absolute Gasteiger partial charge is 0.240 e. The van der Waals surface area contributed by atoms with Gasteiger partial charge in [0.1, 0.15) is 0 Å². The maximum Gasteiger partial charge on any atom is 0.240 e. The summed E-state index contributed by atoms with van der Waals surface area (Å²) < 4.78 is 0. The van der Waals surface area contributed by atoms with Crippen LogP contribution in [0.4, 0.5) is 0 Å². The highest BCUT2D eigenvalue weighted by molar-refractivity contribution is 5.84. The molecule has 6 heteroatoms. The number of primary amides is 1. The molecule has 0 radical (unpaired) electrons. The van der Waals surface area contributed by atoms with Crippen molar-refractivity contribution in [3.63, 3.8) is 0 Å². The van der Waals surface area contributed by atoms with E-state index in [-0.39, 0.29) is 0 Å². The highest BCUT2D eigenvalue weighted by Gasteiger charge is 2.37. The van der Waals surface area contributed by atoms with Crippen LogP contribution in [0.25, 0.3) is 0 Å². The molecule has 0 aromatic heterocycles. The number of aliphatic hydroxyl groups is 4. The third-order valence-electron chi connectivity index (χ3n) is 1.10. The highest BCUT2D eigenvalue weighted by Crippen LogP contribution is 2.13. The van der Waals surface area contributed by atoms with Crippen LogP contribution in [0.1, 0.15) is 13.8 Å². The van der Waals surface area contributed by atoms with Crippen molar-refractivity contribution in [1.82, 2.24) is 0 Å². The molecule has 6 N–H and O–H groups in total. The Morgan fingerprint density at radius 1 is 1.23 bits per heavy atom. The first-order valence-corrected chi connectivity index (χ1v) is 3.33. The molecule has 0 atom stereocenters. The van der Waals surface area contributed by atoms with Crippen LogP contribution in [0, 0.1) is 0 Å². The Labute approximate surface area is 75.9 Å². The lowest BCUT2D eigenvalue weighted by Gasteiger charge is -2.27. The van der Waals surface area contributed by atoms with Gasteiger partial charge >= 0.3 is 0 Å². The van der Waals surface area contributed by atoms with Crippen molar-refractivity contribution in [2.75, 3.05) is 0 Å². The van der Waals surface area contributed by atoms with Crippen LogP contribution in [0.5, 0.6) is 0 Å². The molecule has 0 heterocycles. The summed E-state index contributed by atoms with van der Waals surface area (Å²) in [6, 6.07) is 0. The Morgan fingerprint density at radius 3 is 1.38 bits per heavy atom. The van der Waals surface area contributed by atoms with E-state index in [2.05, 4.69) is 12.3 Å². The quantitative estimate of drug-likeness (QED) is 0.257. The van der Waals surface area contributed by atoms with Gasteiger partial charge in [-0.1, -0.05) is 6.58 Å². The molecule has 0 aliphatic heterocycles. The first-order chi connectivity index (χ1) is 5.52. The van der Waals surface area contributed by atoms with Crippen molar-refractivity contribution in [2.24, 2.45) is 5.73 Å². The molecule has 0 saturated heterocycles. The molecule has 0 bridgehead atoms. The number of hydrogen-bond donors (Lipinski definition) is 5. The predicted octanol–water partition coefficient (Wildman–Crippen LogP) is -1.95. The third-order valence-corrected chi connectivity index (χ3v) is 1.10. The average Bonchev–Trinajstić information content (AvgIpc) is 1.84. The molecule has 0 aliphatic rings. The number of amides is 1. The minimum absolute atomic E-state index is 0.481. The molecule has 6 nitrogen and oxygen atoms in total. The third kappa shape index (κ3) is 8.96. The van der Waals surface area contributed by atoms with Crippen molar-refractivity contribution in [3.8, 4) is 0 Å². The lowest BCUT2D eigenvalue weighted by molar-refractivity contribution is -0.339. The SMILES string of the molecule is C=CC(N)=O.CC(O)(O)C(C)(O)O. The molecule has 0 rings (SSSR count). The summed E-state index contributed by atoms with van der Waals surface area (Å²) in [5, 5.41) is 33.6. The number of rotatable bonds is 2. The van der Waals surface area contributed by atoms with Crippen LogP contribution in [0.3, 0.4) is 0 Å². The Bertz CT molecular complexity index is 164. The van der Waals surface area contributed by atoms with Gasteiger partial charge in [-0.25, -0.2) is 0 Å². The van der Waals surface area contributed by atoms with E-state index < -0.39 is 17.5 Å². The number of nitrogens with two attached hydrogens (primary N) is 1. The lowest BCUT2D eigenvalue weighted by atomic mass is 10.1. The minimum Gasteiger partial charge on any atom is -0.366 e. The second-order valence-corrected chi connectivity index (χ2v) is 2.65. The molecular formula is C7H15NO5. The normalized spacial score (nSPS) is 11.2.